The molecule has 2 atom stereocenters. The average molecular weight is 196 g/mol. The maximum Gasteiger partial charge on any atom is 0.100 e. The summed E-state index contributed by atoms with van der Waals surface area (Å²) >= 11 is 0. The third-order valence-electron chi connectivity index (χ3n) is 2.66. The van der Waals surface area contributed by atoms with Gasteiger partial charge in [-0.1, -0.05) is 25.5 Å². The largest absolute Gasteiger partial charge is 0.301 e. The van der Waals surface area contributed by atoms with Crippen molar-refractivity contribution in [1.29, 1.82) is 0 Å². The maximum absolute atomic E-state index is 4.18. The van der Waals surface area contributed by atoms with Crippen molar-refractivity contribution in [3.8, 4) is 0 Å². The van der Waals surface area contributed by atoms with Gasteiger partial charge in [-0.05, 0) is 20.0 Å². The van der Waals surface area contributed by atoms with E-state index >= 15 is 0 Å². The summed E-state index contributed by atoms with van der Waals surface area (Å²) in [5, 5.41) is 8.15. The molecule has 0 saturated carbocycles. The lowest BCUT2D eigenvalue weighted by Gasteiger charge is -2.27. The molecule has 0 saturated heterocycles. The Balaban J connectivity index is 2.88. The Kier molecular flexibility index (Phi) is 3.63. The van der Waals surface area contributed by atoms with Crippen molar-refractivity contribution in [3.63, 3.8) is 0 Å². The Morgan fingerprint density at radius 1 is 1.50 bits per heavy atom. The van der Waals surface area contributed by atoms with Gasteiger partial charge in [-0.3, -0.25) is 4.68 Å². The van der Waals surface area contributed by atoms with Gasteiger partial charge in [0.05, 0.1) is 6.04 Å². The Morgan fingerprint density at radius 2 is 2.14 bits per heavy atom. The van der Waals surface area contributed by atoms with Gasteiger partial charge in [-0.15, -0.1) is 5.10 Å². The van der Waals surface area contributed by atoms with Crippen LogP contribution in [0.1, 0.15) is 32.0 Å². The molecule has 0 fully saturated rings. The average Bonchev–Trinajstić information content (AvgIpc) is 2.51. The van der Waals surface area contributed by atoms with Gasteiger partial charge in [-0.2, -0.15) is 0 Å². The van der Waals surface area contributed by atoms with E-state index in [0.29, 0.717) is 12.0 Å². The van der Waals surface area contributed by atoms with Crippen LogP contribution in [0.4, 0.5) is 0 Å². The fraction of sp³-hybridized carbons (Fsp3) is 0.800. The second kappa shape index (κ2) is 4.55. The van der Waals surface area contributed by atoms with Gasteiger partial charge in [0.2, 0.25) is 0 Å². The lowest BCUT2D eigenvalue weighted by molar-refractivity contribution is 0.214. The zero-order valence-electron chi connectivity index (χ0n) is 9.73. The first-order valence-corrected chi connectivity index (χ1v) is 5.09. The fourth-order valence-corrected chi connectivity index (χ4v) is 1.79. The summed E-state index contributed by atoms with van der Waals surface area (Å²) in [6.45, 7) is 4.46. The zero-order valence-corrected chi connectivity index (χ0v) is 9.73. The van der Waals surface area contributed by atoms with E-state index < -0.39 is 0 Å². The number of rotatable bonds is 4. The summed E-state index contributed by atoms with van der Waals surface area (Å²) in [7, 11) is 6.08. The molecule has 1 rings (SSSR count). The number of nitrogens with zero attached hydrogens (tertiary/aromatic N) is 4. The summed E-state index contributed by atoms with van der Waals surface area (Å²) in [6.07, 6.45) is 3.15. The van der Waals surface area contributed by atoms with Gasteiger partial charge >= 0.3 is 0 Å². The highest BCUT2D eigenvalue weighted by atomic mass is 15.4. The lowest BCUT2D eigenvalue weighted by atomic mass is 9.96. The predicted octanol–water partition coefficient (Wildman–Crippen LogP) is 1.46. The van der Waals surface area contributed by atoms with E-state index in [1.807, 2.05) is 13.2 Å². The zero-order chi connectivity index (χ0) is 10.7. The van der Waals surface area contributed by atoms with Crippen LogP contribution in [0.15, 0.2) is 6.20 Å². The molecular weight excluding hydrogens is 176 g/mol. The summed E-state index contributed by atoms with van der Waals surface area (Å²) in [4.78, 5) is 2.21. The van der Waals surface area contributed by atoms with Crippen LogP contribution in [-0.4, -0.2) is 34.0 Å². The van der Waals surface area contributed by atoms with Crippen LogP contribution in [0.5, 0.6) is 0 Å². The van der Waals surface area contributed by atoms with Crippen molar-refractivity contribution in [3.05, 3.63) is 11.9 Å². The maximum atomic E-state index is 4.18. The van der Waals surface area contributed by atoms with Crippen molar-refractivity contribution >= 4 is 0 Å². The quantitative estimate of drug-likeness (QED) is 0.731. The normalized spacial score (nSPS) is 15.9. The standard InChI is InChI=1S/C10H20N4/c1-6-8(2)10(13(3)4)9-7-14(5)12-11-9/h7-8,10H,6H2,1-5H3. The molecule has 0 N–H and O–H groups in total. The third kappa shape index (κ3) is 2.32. The first kappa shape index (κ1) is 11.2. The van der Waals surface area contributed by atoms with Crippen LogP contribution in [0.3, 0.4) is 0 Å². The summed E-state index contributed by atoms with van der Waals surface area (Å²) in [5.74, 6) is 0.599. The molecule has 1 aromatic rings. The minimum atomic E-state index is 0.369. The molecule has 0 spiro atoms. The van der Waals surface area contributed by atoms with Gasteiger partial charge in [0.25, 0.3) is 0 Å². The van der Waals surface area contributed by atoms with Crippen molar-refractivity contribution in [2.45, 2.75) is 26.3 Å². The highest BCUT2D eigenvalue weighted by molar-refractivity contribution is 5.02. The summed E-state index contributed by atoms with van der Waals surface area (Å²) in [6, 6.07) is 0.369. The second-order valence-electron chi connectivity index (χ2n) is 4.11. The van der Waals surface area contributed by atoms with Gasteiger partial charge in [0, 0.05) is 13.2 Å². The Bertz CT molecular complexity index is 279. The van der Waals surface area contributed by atoms with Gasteiger partial charge in [0.15, 0.2) is 0 Å². The van der Waals surface area contributed by atoms with Gasteiger partial charge < -0.3 is 4.90 Å². The van der Waals surface area contributed by atoms with Crippen molar-refractivity contribution in [2.24, 2.45) is 13.0 Å². The fourth-order valence-electron chi connectivity index (χ4n) is 1.79. The molecule has 0 radical (unpaired) electrons. The number of hydrogen-bond acceptors (Lipinski definition) is 3. The van der Waals surface area contributed by atoms with Gasteiger partial charge in [-0.25, -0.2) is 0 Å². The molecule has 0 amide bonds. The van der Waals surface area contributed by atoms with E-state index in [9.17, 15) is 0 Å². The van der Waals surface area contributed by atoms with Crippen LogP contribution in [0, 0.1) is 5.92 Å². The van der Waals surface area contributed by atoms with Crippen LogP contribution in [-0.2, 0) is 7.05 Å². The van der Waals surface area contributed by atoms with Crippen LogP contribution >= 0.6 is 0 Å². The molecule has 0 aliphatic rings. The predicted molar refractivity (Wildman–Crippen MR) is 56.9 cm³/mol. The monoisotopic (exact) mass is 196 g/mol. The van der Waals surface area contributed by atoms with E-state index in [1.54, 1.807) is 4.68 Å². The molecule has 0 bridgehead atoms. The van der Waals surface area contributed by atoms with E-state index in [-0.39, 0.29) is 0 Å². The molecule has 1 aromatic heterocycles. The van der Waals surface area contributed by atoms with Crippen molar-refractivity contribution < 1.29 is 0 Å². The SMILES string of the molecule is CCC(C)C(c1cn(C)nn1)N(C)C. The molecular formula is C10H20N4. The Labute approximate surface area is 85.9 Å². The molecule has 80 valence electrons. The lowest BCUT2D eigenvalue weighted by Crippen LogP contribution is -2.26. The molecule has 4 heteroatoms. The molecule has 14 heavy (non-hydrogen) atoms. The van der Waals surface area contributed by atoms with Crippen LogP contribution < -0.4 is 0 Å². The molecule has 0 aliphatic heterocycles. The molecule has 0 aromatic carbocycles. The van der Waals surface area contributed by atoms with Crippen molar-refractivity contribution in [1.82, 2.24) is 19.9 Å². The molecule has 0 aliphatic carbocycles. The van der Waals surface area contributed by atoms with E-state index in [4.69, 9.17) is 0 Å². The molecule has 4 nitrogen and oxygen atoms in total. The minimum absolute atomic E-state index is 0.369. The Morgan fingerprint density at radius 3 is 2.50 bits per heavy atom. The summed E-state index contributed by atoms with van der Waals surface area (Å²) in [5.41, 5.74) is 1.06. The van der Waals surface area contributed by atoms with E-state index in [2.05, 4.69) is 43.2 Å². The van der Waals surface area contributed by atoms with Crippen molar-refractivity contribution in [2.75, 3.05) is 14.1 Å². The third-order valence-corrected chi connectivity index (χ3v) is 2.66. The van der Waals surface area contributed by atoms with Crippen LogP contribution in [0.2, 0.25) is 0 Å². The number of hydrogen-bond donors (Lipinski definition) is 0. The summed E-state index contributed by atoms with van der Waals surface area (Å²) < 4.78 is 1.76. The van der Waals surface area contributed by atoms with E-state index in [1.165, 1.54) is 0 Å². The topological polar surface area (TPSA) is 34.0 Å². The molecule has 1 heterocycles. The highest BCUT2D eigenvalue weighted by Crippen LogP contribution is 2.26. The Hall–Kier alpha value is -0.900. The minimum Gasteiger partial charge on any atom is -0.301 e. The van der Waals surface area contributed by atoms with E-state index in [0.717, 1.165) is 12.1 Å². The first-order valence-electron chi connectivity index (χ1n) is 5.09. The first-order chi connectivity index (χ1) is 6.56. The highest BCUT2D eigenvalue weighted by Gasteiger charge is 2.22. The second-order valence-corrected chi connectivity index (χ2v) is 4.11. The van der Waals surface area contributed by atoms with Crippen LogP contribution in [0.25, 0.3) is 0 Å². The smallest absolute Gasteiger partial charge is 0.100 e. The van der Waals surface area contributed by atoms with Gasteiger partial charge in [0.1, 0.15) is 5.69 Å². The number of aryl methyl sites for hydroxylation is 1. The molecule has 2 unspecified atom stereocenters. The number of aromatic nitrogens is 3.